The first-order valence-electron chi connectivity index (χ1n) is 6.27. The molecular weight excluding hydrogens is 310 g/mol. The Morgan fingerprint density at radius 1 is 1.42 bits per heavy atom. The zero-order valence-electron chi connectivity index (χ0n) is 10.9. The largest absolute Gasteiger partial charge is 0.481 e. The van der Waals surface area contributed by atoms with Crippen LogP contribution in [0, 0.1) is 0 Å². The lowest BCUT2D eigenvalue weighted by Gasteiger charge is -2.14. The van der Waals surface area contributed by atoms with Gasteiger partial charge in [0.1, 0.15) is 0 Å². The number of carboxylic acids is 1. The standard InChI is InChI=1S/C14H18BrNO3/c1-2-12(9-14(18)19)16-13(17)7-6-10-4-3-5-11(15)8-10/h3-5,8,12H,2,6-7,9H2,1H3,(H,16,17)(H,18,19). The first kappa shape index (κ1) is 15.7. The molecule has 1 unspecified atom stereocenters. The smallest absolute Gasteiger partial charge is 0.305 e. The van der Waals surface area contributed by atoms with Crippen LogP contribution in [0.3, 0.4) is 0 Å². The monoisotopic (exact) mass is 327 g/mol. The first-order valence-corrected chi connectivity index (χ1v) is 7.06. The molecule has 1 rings (SSSR count). The Kier molecular flexibility index (Phi) is 6.56. The zero-order valence-corrected chi connectivity index (χ0v) is 12.4. The fourth-order valence-corrected chi connectivity index (χ4v) is 2.21. The summed E-state index contributed by atoms with van der Waals surface area (Å²) in [6.45, 7) is 1.86. The maximum atomic E-state index is 11.7. The van der Waals surface area contributed by atoms with Crippen LogP contribution in [0.15, 0.2) is 28.7 Å². The van der Waals surface area contributed by atoms with E-state index in [0.29, 0.717) is 19.3 Å². The molecule has 0 radical (unpaired) electrons. The van der Waals surface area contributed by atoms with Gasteiger partial charge in [-0.3, -0.25) is 9.59 Å². The molecule has 0 aromatic heterocycles. The quantitative estimate of drug-likeness (QED) is 0.809. The highest BCUT2D eigenvalue weighted by atomic mass is 79.9. The maximum absolute atomic E-state index is 11.7. The van der Waals surface area contributed by atoms with Gasteiger partial charge in [0.15, 0.2) is 0 Å². The van der Waals surface area contributed by atoms with Crippen LogP contribution in [0.5, 0.6) is 0 Å². The predicted octanol–water partition coefficient (Wildman–Crippen LogP) is 2.75. The summed E-state index contributed by atoms with van der Waals surface area (Å²) in [5.74, 6) is -0.993. The molecule has 19 heavy (non-hydrogen) atoms. The lowest BCUT2D eigenvalue weighted by molar-refractivity contribution is -0.137. The highest BCUT2D eigenvalue weighted by Gasteiger charge is 2.13. The number of amides is 1. The van der Waals surface area contributed by atoms with Crippen molar-refractivity contribution >= 4 is 27.8 Å². The van der Waals surface area contributed by atoms with Gasteiger partial charge in [-0.1, -0.05) is 35.0 Å². The minimum atomic E-state index is -0.890. The van der Waals surface area contributed by atoms with Gasteiger partial charge in [0.2, 0.25) is 5.91 Å². The third kappa shape index (κ3) is 6.38. The number of hydrogen-bond acceptors (Lipinski definition) is 2. The van der Waals surface area contributed by atoms with E-state index in [2.05, 4.69) is 21.2 Å². The third-order valence-electron chi connectivity index (χ3n) is 2.81. The molecule has 0 aliphatic carbocycles. The number of carbonyl (C=O) groups is 2. The van der Waals surface area contributed by atoms with Crippen LogP contribution in [-0.2, 0) is 16.0 Å². The summed E-state index contributed by atoms with van der Waals surface area (Å²) in [6, 6.07) is 7.52. The van der Waals surface area contributed by atoms with Crippen LogP contribution in [-0.4, -0.2) is 23.0 Å². The van der Waals surface area contributed by atoms with Crippen molar-refractivity contribution in [3.05, 3.63) is 34.3 Å². The van der Waals surface area contributed by atoms with Crippen LogP contribution >= 0.6 is 15.9 Å². The molecule has 0 heterocycles. The number of carboxylic acid groups (broad SMARTS) is 1. The van der Waals surface area contributed by atoms with Crippen molar-refractivity contribution in [3.8, 4) is 0 Å². The van der Waals surface area contributed by atoms with E-state index >= 15 is 0 Å². The molecule has 0 saturated heterocycles. The summed E-state index contributed by atoms with van der Waals surface area (Å²) in [5.41, 5.74) is 1.08. The van der Waals surface area contributed by atoms with Crippen molar-refractivity contribution in [2.75, 3.05) is 0 Å². The van der Waals surface area contributed by atoms with E-state index in [9.17, 15) is 9.59 Å². The van der Waals surface area contributed by atoms with Crippen molar-refractivity contribution in [2.45, 2.75) is 38.6 Å². The summed E-state index contributed by atoms with van der Waals surface area (Å²) in [4.78, 5) is 22.3. The zero-order chi connectivity index (χ0) is 14.3. The summed E-state index contributed by atoms with van der Waals surface area (Å²) in [5, 5.41) is 11.5. The van der Waals surface area contributed by atoms with Gasteiger partial charge in [0.05, 0.1) is 6.42 Å². The number of halogens is 1. The second-order valence-electron chi connectivity index (χ2n) is 4.40. The lowest BCUT2D eigenvalue weighted by atomic mass is 10.1. The van der Waals surface area contributed by atoms with Gasteiger partial charge in [-0.05, 0) is 30.5 Å². The number of hydrogen-bond donors (Lipinski definition) is 2. The molecule has 0 spiro atoms. The first-order chi connectivity index (χ1) is 9.01. The molecule has 1 amide bonds. The number of nitrogens with one attached hydrogen (secondary N) is 1. The molecule has 0 fully saturated rings. The summed E-state index contributed by atoms with van der Waals surface area (Å²) >= 11 is 3.38. The molecule has 0 aliphatic heterocycles. The van der Waals surface area contributed by atoms with Crippen molar-refractivity contribution in [1.29, 1.82) is 0 Å². The second-order valence-corrected chi connectivity index (χ2v) is 5.32. The van der Waals surface area contributed by atoms with Crippen LogP contribution in [0.2, 0.25) is 0 Å². The van der Waals surface area contributed by atoms with Crippen molar-refractivity contribution in [2.24, 2.45) is 0 Å². The number of aryl methyl sites for hydroxylation is 1. The van der Waals surface area contributed by atoms with E-state index in [4.69, 9.17) is 5.11 Å². The maximum Gasteiger partial charge on any atom is 0.305 e. The average molecular weight is 328 g/mol. The Hall–Kier alpha value is -1.36. The van der Waals surface area contributed by atoms with E-state index in [1.54, 1.807) is 0 Å². The van der Waals surface area contributed by atoms with Crippen molar-refractivity contribution < 1.29 is 14.7 Å². The Balaban J connectivity index is 2.40. The lowest BCUT2D eigenvalue weighted by Crippen LogP contribution is -2.36. The molecular formula is C14H18BrNO3. The van der Waals surface area contributed by atoms with Gasteiger partial charge in [-0.2, -0.15) is 0 Å². The topological polar surface area (TPSA) is 66.4 Å². The molecule has 5 heteroatoms. The normalized spacial score (nSPS) is 11.9. The number of aliphatic carboxylic acids is 1. The van der Waals surface area contributed by atoms with E-state index in [1.807, 2.05) is 31.2 Å². The van der Waals surface area contributed by atoms with Crippen LogP contribution < -0.4 is 5.32 Å². The molecule has 104 valence electrons. The van der Waals surface area contributed by atoms with Gasteiger partial charge >= 0.3 is 5.97 Å². The van der Waals surface area contributed by atoms with Crippen molar-refractivity contribution in [3.63, 3.8) is 0 Å². The van der Waals surface area contributed by atoms with Crippen molar-refractivity contribution in [1.82, 2.24) is 5.32 Å². The highest BCUT2D eigenvalue weighted by Crippen LogP contribution is 2.13. The predicted molar refractivity (Wildman–Crippen MR) is 76.9 cm³/mol. The molecule has 4 nitrogen and oxygen atoms in total. The van der Waals surface area contributed by atoms with Gasteiger partial charge in [-0.15, -0.1) is 0 Å². The number of rotatable bonds is 7. The summed E-state index contributed by atoms with van der Waals surface area (Å²) in [7, 11) is 0. The van der Waals surface area contributed by atoms with E-state index in [0.717, 1.165) is 10.0 Å². The Morgan fingerprint density at radius 2 is 2.16 bits per heavy atom. The Morgan fingerprint density at radius 3 is 2.74 bits per heavy atom. The van der Waals surface area contributed by atoms with E-state index < -0.39 is 5.97 Å². The van der Waals surface area contributed by atoms with Gasteiger partial charge < -0.3 is 10.4 Å². The Bertz CT molecular complexity index is 448. The second kappa shape index (κ2) is 7.94. The van der Waals surface area contributed by atoms with E-state index in [-0.39, 0.29) is 18.4 Å². The fraction of sp³-hybridized carbons (Fsp3) is 0.429. The molecule has 1 atom stereocenters. The minimum Gasteiger partial charge on any atom is -0.481 e. The van der Waals surface area contributed by atoms with E-state index in [1.165, 1.54) is 0 Å². The Labute approximate surface area is 121 Å². The summed E-state index contributed by atoms with van der Waals surface area (Å²) in [6.07, 6.45) is 1.61. The number of carbonyl (C=O) groups excluding carboxylic acids is 1. The third-order valence-corrected chi connectivity index (χ3v) is 3.30. The van der Waals surface area contributed by atoms with Gasteiger partial charge in [-0.25, -0.2) is 0 Å². The van der Waals surface area contributed by atoms with Gasteiger partial charge in [0, 0.05) is 16.9 Å². The van der Waals surface area contributed by atoms with Crippen LogP contribution in [0.25, 0.3) is 0 Å². The average Bonchev–Trinajstić information content (AvgIpc) is 2.35. The van der Waals surface area contributed by atoms with Gasteiger partial charge in [0.25, 0.3) is 0 Å². The molecule has 1 aromatic rings. The summed E-state index contributed by atoms with van der Waals surface area (Å²) < 4.78 is 0.989. The number of benzene rings is 1. The molecule has 0 saturated carbocycles. The van der Waals surface area contributed by atoms with Crippen LogP contribution in [0.1, 0.15) is 31.7 Å². The molecule has 0 bridgehead atoms. The molecule has 1 aromatic carbocycles. The molecule has 0 aliphatic rings. The fourth-order valence-electron chi connectivity index (χ4n) is 1.76. The molecule has 2 N–H and O–H groups in total. The minimum absolute atomic E-state index is 0.0286. The van der Waals surface area contributed by atoms with Crippen LogP contribution in [0.4, 0.5) is 0 Å². The SMILES string of the molecule is CCC(CC(=O)O)NC(=O)CCc1cccc(Br)c1. The highest BCUT2D eigenvalue weighted by molar-refractivity contribution is 9.10.